The van der Waals surface area contributed by atoms with Crippen molar-refractivity contribution in [1.29, 1.82) is 0 Å². The SMILES string of the molecule is CC(C)n1c(=O)n(-c2cccc(OC(F)F)c2)c2cc(F)c(C(=O)N[C@@]3(C)CCS(=O)(=O)C3)cc21. The quantitative estimate of drug-likeness (QED) is 0.547. The molecule has 0 aliphatic carbocycles. The number of carbonyl (C=O) groups is 1. The minimum atomic E-state index is -3.30. The van der Waals surface area contributed by atoms with E-state index in [1.807, 2.05) is 0 Å². The van der Waals surface area contributed by atoms with E-state index in [2.05, 4.69) is 10.1 Å². The number of nitrogens with one attached hydrogen (secondary N) is 1. The molecule has 0 saturated carbocycles. The van der Waals surface area contributed by atoms with Crippen molar-refractivity contribution >= 4 is 26.8 Å². The van der Waals surface area contributed by atoms with Crippen LogP contribution in [0.1, 0.15) is 43.6 Å². The molecule has 1 atom stereocenters. The van der Waals surface area contributed by atoms with Gasteiger partial charge in [0.1, 0.15) is 11.6 Å². The van der Waals surface area contributed by atoms with Gasteiger partial charge < -0.3 is 10.1 Å². The third-order valence-corrected chi connectivity index (χ3v) is 7.85. The number of aromatic nitrogens is 2. The summed E-state index contributed by atoms with van der Waals surface area (Å²) in [6, 6.07) is 7.33. The van der Waals surface area contributed by atoms with Gasteiger partial charge in [-0.3, -0.25) is 13.9 Å². The van der Waals surface area contributed by atoms with Crippen molar-refractivity contribution < 1.29 is 31.1 Å². The number of nitrogens with zero attached hydrogens (tertiary/aromatic N) is 2. The Labute approximate surface area is 199 Å². The van der Waals surface area contributed by atoms with Crippen LogP contribution in [0.3, 0.4) is 0 Å². The van der Waals surface area contributed by atoms with Gasteiger partial charge in [0.05, 0.1) is 39.3 Å². The van der Waals surface area contributed by atoms with Gasteiger partial charge in [0, 0.05) is 18.2 Å². The van der Waals surface area contributed by atoms with Crippen LogP contribution in [0.15, 0.2) is 41.2 Å². The smallest absolute Gasteiger partial charge is 0.387 e. The third kappa shape index (κ3) is 4.79. The maximum Gasteiger partial charge on any atom is 0.387 e. The van der Waals surface area contributed by atoms with E-state index in [4.69, 9.17) is 0 Å². The summed E-state index contributed by atoms with van der Waals surface area (Å²) in [5.74, 6) is -2.22. The van der Waals surface area contributed by atoms with Crippen LogP contribution in [0.5, 0.6) is 5.75 Å². The zero-order valence-corrected chi connectivity index (χ0v) is 20.0. The van der Waals surface area contributed by atoms with E-state index in [-0.39, 0.29) is 52.0 Å². The summed E-state index contributed by atoms with van der Waals surface area (Å²) >= 11 is 0. The van der Waals surface area contributed by atoms with E-state index >= 15 is 4.39 Å². The van der Waals surface area contributed by atoms with Crippen LogP contribution in [0.2, 0.25) is 0 Å². The Morgan fingerprint density at radius 2 is 1.89 bits per heavy atom. The predicted octanol–water partition coefficient (Wildman–Crippen LogP) is 3.42. The van der Waals surface area contributed by atoms with Gasteiger partial charge in [0.2, 0.25) is 0 Å². The Morgan fingerprint density at radius 1 is 1.17 bits per heavy atom. The van der Waals surface area contributed by atoms with Crippen LogP contribution in [0.25, 0.3) is 16.7 Å². The average Bonchev–Trinajstić information content (AvgIpc) is 3.17. The van der Waals surface area contributed by atoms with E-state index in [9.17, 15) is 26.8 Å². The van der Waals surface area contributed by atoms with Crippen LogP contribution in [0.4, 0.5) is 13.2 Å². The first-order valence-corrected chi connectivity index (χ1v) is 12.7. The van der Waals surface area contributed by atoms with E-state index in [0.717, 1.165) is 10.6 Å². The lowest BCUT2D eigenvalue weighted by Crippen LogP contribution is -2.47. The molecule has 1 fully saturated rings. The van der Waals surface area contributed by atoms with Crippen molar-refractivity contribution in [2.45, 2.75) is 45.4 Å². The molecule has 35 heavy (non-hydrogen) atoms. The lowest BCUT2D eigenvalue weighted by molar-refractivity contribution is -0.0498. The lowest BCUT2D eigenvalue weighted by Gasteiger charge is -2.24. The summed E-state index contributed by atoms with van der Waals surface area (Å²) in [6.07, 6.45) is 0.203. The molecular formula is C23H24F3N3O5S. The number of halogens is 3. The molecule has 4 rings (SSSR count). The normalized spacial score (nSPS) is 19.5. The molecule has 8 nitrogen and oxygen atoms in total. The maximum atomic E-state index is 15.2. The molecule has 1 aromatic heterocycles. The first-order chi connectivity index (χ1) is 16.3. The molecule has 3 aromatic rings. The van der Waals surface area contributed by atoms with Crippen molar-refractivity contribution in [1.82, 2.24) is 14.5 Å². The van der Waals surface area contributed by atoms with Crippen molar-refractivity contribution in [3.05, 3.63) is 58.3 Å². The van der Waals surface area contributed by atoms with E-state index in [1.54, 1.807) is 20.8 Å². The minimum absolute atomic E-state index is 0.0740. The molecule has 1 amide bonds. The summed E-state index contributed by atoms with van der Waals surface area (Å²) in [5, 5.41) is 2.62. The molecular weight excluding hydrogens is 487 g/mol. The zero-order valence-electron chi connectivity index (χ0n) is 19.2. The summed E-state index contributed by atoms with van der Waals surface area (Å²) in [7, 11) is -3.30. The molecule has 2 heterocycles. The van der Waals surface area contributed by atoms with Crippen LogP contribution < -0.4 is 15.7 Å². The fraction of sp³-hybridized carbons (Fsp3) is 0.391. The molecule has 12 heteroatoms. The molecule has 0 bridgehead atoms. The predicted molar refractivity (Wildman–Crippen MR) is 124 cm³/mol. The van der Waals surface area contributed by atoms with Crippen LogP contribution in [0, 0.1) is 5.82 Å². The highest BCUT2D eigenvalue weighted by molar-refractivity contribution is 7.91. The van der Waals surface area contributed by atoms with Gasteiger partial charge in [0.15, 0.2) is 9.84 Å². The fourth-order valence-corrected chi connectivity index (χ4v) is 6.50. The number of sulfone groups is 1. The number of hydrogen-bond donors (Lipinski definition) is 1. The summed E-state index contributed by atoms with van der Waals surface area (Å²) in [5.41, 5.74) is -1.38. The van der Waals surface area contributed by atoms with Gasteiger partial charge in [-0.15, -0.1) is 0 Å². The maximum absolute atomic E-state index is 15.2. The number of imidazole rings is 1. The van der Waals surface area contributed by atoms with Gasteiger partial charge in [-0.2, -0.15) is 8.78 Å². The topological polar surface area (TPSA) is 99.4 Å². The molecule has 0 radical (unpaired) electrons. The summed E-state index contributed by atoms with van der Waals surface area (Å²) in [4.78, 5) is 26.2. The van der Waals surface area contributed by atoms with Crippen molar-refractivity contribution in [3.63, 3.8) is 0 Å². The molecule has 2 aromatic carbocycles. The van der Waals surface area contributed by atoms with Gasteiger partial charge in [-0.1, -0.05) is 6.07 Å². The number of amides is 1. The monoisotopic (exact) mass is 511 g/mol. The summed E-state index contributed by atoms with van der Waals surface area (Å²) < 4.78 is 71.2. The van der Waals surface area contributed by atoms with Crippen molar-refractivity contribution in [2.24, 2.45) is 0 Å². The molecule has 1 N–H and O–H groups in total. The van der Waals surface area contributed by atoms with Crippen LogP contribution >= 0.6 is 0 Å². The first kappa shape index (κ1) is 24.8. The Hall–Kier alpha value is -3.28. The molecule has 1 aliphatic heterocycles. The number of rotatable bonds is 6. The number of ether oxygens (including phenoxy) is 1. The largest absolute Gasteiger partial charge is 0.435 e. The molecule has 1 saturated heterocycles. The first-order valence-electron chi connectivity index (χ1n) is 10.8. The number of fused-ring (bicyclic) bond motifs is 1. The number of alkyl halides is 2. The standard InChI is InChI=1S/C23H24F3N3O5S/c1-13(2)28-18-10-16(20(30)27-23(3)7-8-35(32,33)12-23)17(24)11-19(18)29(22(28)31)14-5-4-6-15(9-14)34-21(25)26/h4-6,9-11,13,21H,7-8,12H2,1-3H3,(H,27,30)/t23-/m0/s1. The second-order valence-corrected chi connectivity index (χ2v) is 11.3. The van der Waals surface area contributed by atoms with Crippen LogP contribution in [-0.4, -0.2) is 47.1 Å². The van der Waals surface area contributed by atoms with E-state index < -0.39 is 39.4 Å². The minimum Gasteiger partial charge on any atom is -0.435 e. The van der Waals surface area contributed by atoms with E-state index in [0.29, 0.717) is 0 Å². The number of hydrogen-bond acceptors (Lipinski definition) is 5. The lowest BCUT2D eigenvalue weighted by atomic mass is 10.0. The number of carbonyl (C=O) groups excluding carboxylic acids is 1. The Morgan fingerprint density at radius 3 is 2.49 bits per heavy atom. The zero-order chi connectivity index (χ0) is 25.7. The Kier molecular flexibility index (Phi) is 6.20. The fourth-order valence-electron chi connectivity index (χ4n) is 4.41. The second-order valence-electron chi connectivity index (χ2n) is 9.14. The highest BCUT2D eigenvalue weighted by Gasteiger charge is 2.40. The van der Waals surface area contributed by atoms with Crippen LogP contribution in [-0.2, 0) is 9.84 Å². The van der Waals surface area contributed by atoms with Gasteiger partial charge in [-0.25, -0.2) is 17.6 Å². The van der Waals surface area contributed by atoms with E-state index in [1.165, 1.54) is 34.9 Å². The molecule has 188 valence electrons. The van der Waals surface area contributed by atoms with Gasteiger partial charge in [0.25, 0.3) is 5.91 Å². The van der Waals surface area contributed by atoms with Crippen molar-refractivity contribution in [2.75, 3.05) is 11.5 Å². The summed E-state index contributed by atoms with van der Waals surface area (Å²) in [6.45, 7) is 1.99. The molecule has 0 spiro atoms. The molecule has 1 aliphatic rings. The number of benzene rings is 2. The van der Waals surface area contributed by atoms with Gasteiger partial charge in [-0.05, 0) is 45.4 Å². The third-order valence-electron chi connectivity index (χ3n) is 5.94. The highest BCUT2D eigenvalue weighted by Crippen LogP contribution is 2.28. The highest BCUT2D eigenvalue weighted by atomic mass is 32.2. The van der Waals surface area contributed by atoms with Crippen molar-refractivity contribution in [3.8, 4) is 11.4 Å². The molecule has 0 unspecified atom stereocenters. The average molecular weight is 512 g/mol. The van der Waals surface area contributed by atoms with Gasteiger partial charge >= 0.3 is 12.3 Å². The Bertz CT molecular complexity index is 1480. The second kappa shape index (κ2) is 8.74. The Balaban J connectivity index is 1.83.